The van der Waals surface area contributed by atoms with E-state index >= 15 is 0 Å². The molecule has 16 heteroatoms. The Kier molecular flexibility index (Phi) is 33.5. The Balaban J connectivity index is -0.000000175. The third-order valence-electron chi connectivity index (χ3n) is 4.55. The SMILES string of the molecule is C.CCCCO.CN(C)C(=S)SC(C)(C)C(=O)O.CN(C)C(=S)SC(C)(C)C(=O)OCC(CO)(CO)CO.OCCO. The highest BCUT2D eigenvalue weighted by Crippen LogP contribution is 2.29. The summed E-state index contributed by atoms with van der Waals surface area (Å²) in [5.41, 5.74) is -1.22. The maximum atomic E-state index is 12.1. The van der Waals surface area contributed by atoms with Crippen LogP contribution in [-0.2, 0) is 14.3 Å². The van der Waals surface area contributed by atoms with E-state index in [2.05, 4.69) is 6.92 Å². The van der Waals surface area contributed by atoms with E-state index in [4.69, 9.17) is 64.9 Å². The van der Waals surface area contributed by atoms with Gasteiger partial charge in [-0.25, -0.2) is 0 Å². The summed E-state index contributed by atoms with van der Waals surface area (Å²) in [5.74, 6) is -1.37. The van der Waals surface area contributed by atoms with Gasteiger partial charge in [0.25, 0.3) is 0 Å². The van der Waals surface area contributed by atoms with Crippen LogP contribution >= 0.6 is 48.0 Å². The molecule has 0 aromatic carbocycles. The first-order valence-corrected chi connectivity index (χ1v) is 15.1. The number of nitrogens with zero attached hydrogens (tertiary/aromatic N) is 2. The number of hydrogen-bond acceptors (Lipinski definition) is 13. The number of ether oxygens (including phenoxy) is 1. The molecule has 0 aromatic heterocycles. The molecule has 0 bridgehead atoms. The minimum absolute atomic E-state index is 0. The van der Waals surface area contributed by atoms with Crippen molar-refractivity contribution >= 4 is 68.5 Å². The van der Waals surface area contributed by atoms with Gasteiger partial charge in [0.15, 0.2) is 0 Å². The lowest BCUT2D eigenvalue weighted by atomic mass is 9.92. The Morgan fingerprint density at radius 2 is 1.10 bits per heavy atom. The number of aliphatic carboxylic acids is 1. The quantitative estimate of drug-likeness (QED) is 0.116. The van der Waals surface area contributed by atoms with Gasteiger partial charge in [0.2, 0.25) is 0 Å². The van der Waals surface area contributed by atoms with E-state index in [-0.39, 0.29) is 27.2 Å². The predicted octanol–water partition coefficient (Wildman–Crippen LogP) is 1.67. The molecular weight excluding hydrogens is 629 g/mol. The summed E-state index contributed by atoms with van der Waals surface area (Å²) < 4.78 is 4.50. The first kappa shape index (κ1) is 50.8. The van der Waals surface area contributed by atoms with Crippen molar-refractivity contribution in [2.75, 3.05) is 74.4 Å². The first-order chi connectivity index (χ1) is 18.7. The highest BCUT2D eigenvalue weighted by molar-refractivity contribution is 8.24. The van der Waals surface area contributed by atoms with Crippen molar-refractivity contribution in [3.8, 4) is 0 Å². The molecule has 0 rings (SSSR count). The summed E-state index contributed by atoms with van der Waals surface area (Å²) in [6.45, 7) is 7.08. The van der Waals surface area contributed by atoms with Crippen molar-refractivity contribution in [1.29, 1.82) is 0 Å². The molecule has 0 saturated heterocycles. The molecule has 254 valence electrons. The van der Waals surface area contributed by atoms with Crippen LogP contribution in [0.4, 0.5) is 0 Å². The third-order valence-corrected chi connectivity index (χ3v) is 8.22. The first-order valence-electron chi connectivity index (χ1n) is 12.6. The fraction of sp³-hybridized carbons (Fsp3) is 0.846. The lowest BCUT2D eigenvalue weighted by Gasteiger charge is -2.30. The van der Waals surface area contributed by atoms with Gasteiger partial charge >= 0.3 is 11.9 Å². The Morgan fingerprint density at radius 3 is 1.31 bits per heavy atom. The maximum Gasteiger partial charge on any atom is 0.322 e. The summed E-state index contributed by atoms with van der Waals surface area (Å²) >= 11 is 12.5. The second-order valence-corrected chi connectivity index (χ2v) is 14.4. The number of rotatable bonds is 12. The number of esters is 1. The van der Waals surface area contributed by atoms with Gasteiger partial charge in [-0.15, -0.1) is 0 Å². The summed E-state index contributed by atoms with van der Waals surface area (Å²) in [6, 6.07) is 0. The number of thiocarbonyl (C=S) groups is 2. The lowest BCUT2D eigenvalue weighted by molar-refractivity contribution is -0.153. The van der Waals surface area contributed by atoms with Crippen molar-refractivity contribution in [2.45, 2.75) is 64.4 Å². The molecule has 12 nitrogen and oxygen atoms in total. The van der Waals surface area contributed by atoms with Crippen LogP contribution in [-0.4, -0.2) is 150 Å². The second-order valence-electron chi connectivity index (χ2n) is 9.93. The molecule has 0 amide bonds. The lowest BCUT2D eigenvalue weighted by Crippen LogP contribution is -2.42. The van der Waals surface area contributed by atoms with E-state index in [9.17, 15) is 9.59 Å². The Labute approximate surface area is 271 Å². The van der Waals surface area contributed by atoms with Gasteiger partial charge in [-0.2, -0.15) is 0 Å². The molecule has 7 N–H and O–H groups in total. The number of carboxylic acids is 1. The molecule has 0 spiro atoms. The zero-order chi connectivity index (χ0) is 33.4. The van der Waals surface area contributed by atoms with Crippen molar-refractivity contribution in [1.82, 2.24) is 9.80 Å². The van der Waals surface area contributed by atoms with E-state index in [1.165, 1.54) is 23.5 Å². The number of hydrogen-bond donors (Lipinski definition) is 7. The summed E-state index contributed by atoms with van der Waals surface area (Å²) in [5, 5.41) is 59.6. The predicted molar refractivity (Wildman–Crippen MR) is 181 cm³/mol. The largest absolute Gasteiger partial charge is 0.480 e. The van der Waals surface area contributed by atoms with Crippen LogP contribution in [0.5, 0.6) is 0 Å². The fourth-order valence-corrected chi connectivity index (χ4v) is 4.26. The van der Waals surface area contributed by atoms with Gasteiger partial charge in [0.05, 0.1) is 38.4 Å². The van der Waals surface area contributed by atoms with Crippen LogP contribution in [0.25, 0.3) is 0 Å². The molecule has 0 atom stereocenters. The monoisotopic (exact) mass is 684 g/mol. The van der Waals surface area contributed by atoms with Crippen LogP contribution < -0.4 is 0 Å². The Hall–Kier alpha value is -0.820. The molecule has 0 radical (unpaired) electrons. The number of carbonyl (C=O) groups excluding carboxylic acids is 1. The highest BCUT2D eigenvalue weighted by Gasteiger charge is 2.36. The van der Waals surface area contributed by atoms with Crippen molar-refractivity contribution in [3.05, 3.63) is 0 Å². The number of unbranched alkanes of at least 4 members (excludes halogenated alkanes) is 1. The molecule has 42 heavy (non-hydrogen) atoms. The van der Waals surface area contributed by atoms with E-state index < -0.39 is 46.7 Å². The summed E-state index contributed by atoms with van der Waals surface area (Å²) in [4.78, 5) is 26.2. The minimum atomic E-state index is -1.22. The zero-order valence-corrected chi connectivity index (χ0v) is 29.0. The van der Waals surface area contributed by atoms with Gasteiger partial charge in [0.1, 0.15) is 24.7 Å². The van der Waals surface area contributed by atoms with E-state index in [1.807, 2.05) is 0 Å². The molecule has 0 aromatic rings. The Bertz CT molecular complexity index is 724. The standard InChI is InChI=1S/C12H23NO5S2.C7H13NO2S2.C4H10O.C2H6O2.CH4/c1-11(2,20-10(19)13(3)4)9(17)18-8-12(5-14,6-15)7-16;1-7(2,5(9)10)12-6(11)8(3)4;1-2-3-4-5;3-1-2-4;/h14-16H,5-8H2,1-4H3;1-4H3,(H,9,10);5H,2-4H2,1H3;3-4H,1-2H2;1H4. The minimum Gasteiger partial charge on any atom is -0.480 e. The summed E-state index contributed by atoms with van der Waals surface area (Å²) in [7, 11) is 7.16. The molecule has 0 saturated carbocycles. The van der Waals surface area contributed by atoms with Gasteiger partial charge in [-0.3, -0.25) is 9.59 Å². The molecule has 0 fully saturated rings. The molecule has 0 aliphatic heterocycles. The number of carbonyl (C=O) groups is 2. The zero-order valence-electron chi connectivity index (χ0n) is 25.7. The number of aliphatic hydroxyl groups excluding tert-OH is 6. The molecule has 0 aliphatic carbocycles. The van der Waals surface area contributed by atoms with Crippen LogP contribution in [0, 0.1) is 5.41 Å². The van der Waals surface area contributed by atoms with Crippen LogP contribution in [0.2, 0.25) is 0 Å². The average Bonchev–Trinajstić information content (AvgIpc) is 2.90. The van der Waals surface area contributed by atoms with Gasteiger partial charge in [-0.1, -0.05) is 68.7 Å². The van der Waals surface area contributed by atoms with Crippen molar-refractivity contribution in [2.24, 2.45) is 5.41 Å². The Morgan fingerprint density at radius 1 is 0.738 bits per heavy atom. The van der Waals surface area contributed by atoms with Crippen LogP contribution in [0.3, 0.4) is 0 Å². The molecule has 0 aliphatic rings. The second kappa shape index (κ2) is 27.7. The number of thioether (sulfide) groups is 2. The topological polar surface area (TPSA) is 191 Å². The smallest absolute Gasteiger partial charge is 0.322 e. The molecule has 0 heterocycles. The van der Waals surface area contributed by atoms with Crippen molar-refractivity contribution < 1.29 is 50.1 Å². The van der Waals surface area contributed by atoms with Crippen LogP contribution in [0.15, 0.2) is 0 Å². The van der Waals surface area contributed by atoms with Crippen LogP contribution in [0.1, 0.15) is 54.9 Å². The molecular formula is C26H56N2O10S4. The van der Waals surface area contributed by atoms with E-state index in [1.54, 1.807) is 65.7 Å². The maximum absolute atomic E-state index is 12.1. The normalized spacial score (nSPS) is 10.6. The van der Waals surface area contributed by atoms with Gasteiger partial charge in [-0.05, 0) is 34.1 Å². The van der Waals surface area contributed by atoms with Crippen molar-refractivity contribution in [3.63, 3.8) is 0 Å². The third kappa shape index (κ3) is 25.7. The van der Waals surface area contributed by atoms with E-state index in [0.29, 0.717) is 15.2 Å². The van der Waals surface area contributed by atoms with Gasteiger partial charge < -0.3 is 50.3 Å². The average molecular weight is 685 g/mol. The fourth-order valence-electron chi connectivity index (χ4n) is 1.54. The number of carboxylic acid groups (broad SMARTS) is 1. The molecule has 0 unspecified atom stereocenters. The number of aliphatic hydroxyl groups is 6. The van der Waals surface area contributed by atoms with E-state index in [0.717, 1.165) is 12.8 Å². The highest BCUT2D eigenvalue weighted by atomic mass is 32.2. The summed E-state index contributed by atoms with van der Waals surface area (Å²) in [6.07, 6.45) is 2.04. The van der Waals surface area contributed by atoms with Gasteiger partial charge in [0, 0.05) is 34.8 Å².